The molecular formula is C5H13N2O4P. The predicted octanol–water partition coefficient (Wildman–Crippen LogP) is -1.37. The molecule has 1 amide bonds. The van der Waals surface area contributed by atoms with Crippen molar-refractivity contribution in [2.24, 2.45) is 5.73 Å². The van der Waals surface area contributed by atoms with Gasteiger partial charge >= 0.3 is 7.60 Å². The van der Waals surface area contributed by atoms with Gasteiger partial charge in [-0.05, 0) is 6.42 Å². The Balaban J connectivity index is 3.34. The second-order valence-electron chi connectivity index (χ2n) is 2.30. The lowest BCUT2D eigenvalue weighted by molar-refractivity contribution is -0.119. The van der Waals surface area contributed by atoms with E-state index in [4.69, 9.17) is 15.5 Å². The van der Waals surface area contributed by atoms with Gasteiger partial charge < -0.3 is 20.8 Å². The molecule has 0 aliphatic carbocycles. The summed E-state index contributed by atoms with van der Waals surface area (Å²) in [7, 11) is -3.92. The topological polar surface area (TPSA) is 113 Å². The van der Waals surface area contributed by atoms with Crippen molar-refractivity contribution in [3.05, 3.63) is 0 Å². The third kappa shape index (κ3) is 7.68. The molecule has 0 rings (SSSR count). The molecule has 0 aromatic rings. The minimum absolute atomic E-state index is 0.101. The summed E-state index contributed by atoms with van der Waals surface area (Å²) in [4.78, 5) is 27.3. The van der Waals surface area contributed by atoms with Crippen LogP contribution in [-0.2, 0) is 9.36 Å². The van der Waals surface area contributed by atoms with Crippen LogP contribution in [0.5, 0.6) is 0 Å². The van der Waals surface area contributed by atoms with Crippen LogP contribution < -0.4 is 11.1 Å². The number of amides is 1. The molecule has 0 aromatic carbocycles. The largest absolute Gasteiger partial charge is 0.355 e. The highest BCUT2D eigenvalue weighted by atomic mass is 31.2. The van der Waals surface area contributed by atoms with E-state index in [9.17, 15) is 9.36 Å². The van der Waals surface area contributed by atoms with E-state index in [2.05, 4.69) is 5.32 Å². The molecule has 0 aromatic heterocycles. The summed E-state index contributed by atoms with van der Waals surface area (Å²) in [6, 6.07) is 0. The van der Waals surface area contributed by atoms with Crippen molar-refractivity contribution in [1.82, 2.24) is 5.32 Å². The van der Waals surface area contributed by atoms with Crippen LogP contribution in [0.3, 0.4) is 0 Å². The SMILES string of the molecule is NCC(=O)NCCCP(=O)(O)O. The van der Waals surface area contributed by atoms with E-state index >= 15 is 0 Å². The fourth-order valence-corrected chi connectivity index (χ4v) is 1.16. The molecule has 0 aliphatic heterocycles. The van der Waals surface area contributed by atoms with Crippen molar-refractivity contribution in [3.8, 4) is 0 Å². The van der Waals surface area contributed by atoms with Gasteiger partial charge in [-0.15, -0.1) is 0 Å². The second kappa shape index (κ2) is 5.27. The smallest absolute Gasteiger partial charge is 0.325 e. The fraction of sp³-hybridized carbons (Fsp3) is 0.800. The van der Waals surface area contributed by atoms with Crippen molar-refractivity contribution in [3.63, 3.8) is 0 Å². The van der Waals surface area contributed by atoms with Crippen LogP contribution >= 0.6 is 7.60 Å². The molecule has 0 atom stereocenters. The Labute approximate surface area is 70.3 Å². The summed E-state index contributed by atoms with van der Waals surface area (Å²) in [5.74, 6) is -0.319. The molecule has 0 saturated heterocycles. The van der Waals surface area contributed by atoms with Crippen molar-refractivity contribution < 1.29 is 19.1 Å². The van der Waals surface area contributed by atoms with Crippen LogP contribution in [0.15, 0.2) is 0 Å². The van der Waals surface area contributed by atoms with Gasteiger partial charge in [-0.2, -0.15) is 0 Å². The molecule has 0 fully saturated rings. The lowest BCUT2D eigenvalue weighted by atomic mass is 10.4. The Morgan fingerprint density at radius 1 is 1.50 bits per heavy atom. The molecule has 0 saturated carbocycles. The third-order valence-corrected chi connectivity index (χ3v) is 2.03. The molecule has 6 nitrogen and oxygen atoms in total. The maximum Gasteiger partial charge on any atom is 0.325 e. The Hall–Kier alpha value is -0.420. The summed E-state index contributed by atoms with van der Waals surface area (Å²) >= 11 is 0. The van der Waals surface area contributed by atoms with E-state index in [0.717, 1.165) is 0 Å². The summed E-state index contributed by atoms with van der Waals surface area (Å²) in [6.45, 7) is 0.150. The van der Waals surface area contributed by atoms with E-state index in [1.807, 2.05) is 0 Å². The molecule has 7 heteroatoms. The van der Waals surface area contributed by atoms with Gasteiger partial charge in [0.1, 0.15) is 0 Å². The predicted molar refractivity (Wildman–Crippen MR) is 43.6 cm³/mol. The average molecular weight is 196 g/mol. The Morgan fingerprint density at radius 3 is 2.50 bits per heavy atom. The summed E-state index contributed by atoms with van der Waals surface area (Å²) in [5.41, 5.74) is 4.97. The molecule has 0 spiro atoms. The van der Waals surface area contributed by atoms with Crippen molar-refractivity contribution in [2.45, 2.75) is 6.42 Å². The van der Waals surface area contributed by atoms with Gasteiger partial charge in [0.2, 0.25) is 5.91 Å². The summed E-state index contributed by atoms with van der Waals surface area (Å²) in [5, 5.41) is 2.40. The Kier molecular flexibility index (Phi) is 5.08. The standard InChI is InChI=1S/C5H13N2O4P/c6-4-5(8)7-2-1-3-12(9,10)11/h1-4,6H2,(H,7,8)(H2,9,10,11). The van der Waals surface area contributed by atoms with E-state index in [1.54, 1.807) is 0 Å². The highest BCUT2D eigenvalue weighted by molar-refractivity contribution is 7.51. The number of hydrogen-bond donors (Lipinski definition) is 4. The first-order chi connectivity index (χ1) is 5.45. The first kappa shape index (κ1) is 11.6. The number of nitrogens with two attached hydrogens (primary N) is 1. The maximum absolute atomic E-state index is 10.5. The lowest BCUT2D eigenvalue weighted by Crippen LogP contribution is -2.31. The first-order valence-corrected chi connectivity index (χ1v) is 5.27. The zero-order chi connectivity index (χ0) is 9.61. The quantitative estimate of drug-likeness (QED) is 0.320. The molecular weight excluding hydrogens is 183 g/mol. The number of rotatable bonds is 5. The molecule has 0 unspecified atom stereocenters. The van der Waals surface area contributed by atoms with Crippen LogP contribution in [0, 0.1) is 0 Å². The van der Waals surface area contributed by atoms with Crippen LogP contribution in [-0.4, -0.2) is 34.9 Å². The highest BCUT2D eigenvalue weighted by Gasteiger charge is 2.11. The molecule has 0 aliphatic rings. The van der Waals surface area contributed by atoms with Crippen LogP contribution in [0.25, 0.3) is 0 Å². The molecule has 0 bridgehead atoms. The van der Waals surface area contributed by atoms with E-state index < -0.39 is 7.60 Å². The Morgan fingerprint density at radius 2 is 2.08 bits per heavy atom. The van der Waals surface area contributed by atoms with Crippen LogP contribution in [0.2, 0.25) is 0 Å². The molecule has 72 valence electrons. The monoisotopic (exact) mass is 196 g/mol. The van der Waals surface area contributed by atoms with Crippen molar-refractivity contribution in [1.29, 1.82) is 0 Å². The van der Waals surface area contributed by atoms with Crippen LogP contribution in [0.1, 0.15) is 6.42 Å². The number of carbonyl (C=O) groups excluding carboxylic acids is 1. The van der Waals surface area contributed by atoms with Gasteiger partial charge in [0, 0.05) is 6.54 Å². The fourth-order valence-electron chi connectivity index (χ4n) is 0.585. The van der Waals surface area contributed by atoms with Gasteiger partial charge in [0.25, 0.3) is 0 Å². The van der Waals surface area contributed by atoms with Crippen molar-refractivity contribution in [2.75, 3.05) is 19.3 Å². The van der Waals surface area contributed by atoms with Gasteiger partial charge in [-0.25, -0.2) is 0 Å². The van der Waals surface area contributed by atoms with Gasteiger partial charge in [0.15, 0.2) is 0 Å². The van der Waals surface area contributed by atoms with Crippen LogP contribution in [0.4, 0.5) is 0 Å². The first-order valence-electron chi connectivity index (χ1n) is 3.47. The third-order valence-electron chi connectivity index (χ3n) is 1.13. The molecule has 12 heavy (non-hydrogen) atoms. The number of nitrogens with one attached hydrogen (secondary N) is 1. The highest BCUT2D eigenvalue weighted by Crippen LogP contribution is 2.34. The minimum Gasteiger partial charge on any atom is -0.355 e. The lowest BCUT2D eigenvalue weighted by Gasteiger charge is -2.04. The molecule has 0 heterocycles. The average Bonchev–Trinajstić information content (AvgIpc) is 1.96. The van der Waals surface area contributed by atoms with Crippen molar-refractivity contribution >= 4 is 13.5 Å². The zero-order valence-corrected chi connectivity index (χ0v) is 7.46. The number of hydrogen-bond acceptors (Lipinski definition) is 3. The van der Waals surface area contributed by atoms with Gasteiger partial charge in [-0.3, -0.25) is 9.36 Å². The molecule has 5 N–H and O–H groups in total. The maximum atomic E-state index is 10.5. The zero-order valence-electron chi connectivity index (χ0n) is 6.56. The summed E-state index contributed by atoms with van der Waals surface area (Å²) < 4.78 is 10.3. The van der Waals surface area contributed by atoms with Gasteiger partial charge in [-0.1, -0.05) is 0 Å². The summed E-state index contributed by atoms with van der Waals surface area (Å²) in [6.07, 6.45) is 0.0495. The normalized spacial score (nSPS) is 11.2. The van der Waals surface area contributed by atoms with E-state index in [0.29, 0.717) is 0 Å². The second-order valence-corrected chi connectivity index (χ2v) is 4.07. The van der Waals surface area contributed by atoms with E-state index in [-0.39, 0.29) is 31.6 Å². The molecule has 0 radical (unpaired) electrons. The number of carbonyl (C=O) groups is 1. The minimum atomic E-state index is -3.92. The Bertz CT molecular complexity index is 190. The van der Waals surface area contributed by atoms with E-state index in [1.165, 1.54) is 0 Å². The van der Waals surface area contributed by atoms with Gasteiger partial charge in [0.05, 0.1) is 12.7 Å².